The van der Waals surface area contributed by atoms with Crippen molar-refractivity contribution in [2.45, 2.75) is 38.1 Å². The van der Waals surface area contributed by atoms with E-state index in [9.17, 15) is 14.7 Å². The quantitative estimate of drug-likeness (QED) is 0.782. The lowest BCUT2D eigenvalue weighted by Gasteiger charge is -2.43. The van der Waals surface area contributed by atoms with Crippen LogP contribution in [0.4, 0.5) is 4.79 Å². The molecule has 2 fully saturated rings. The van der Waals surface area contributed by atoms with Crippen molar-refractivity contribution >= 4 is 12.0 Å². The van der Waals surface area contributed by atoms with Crippen LogP contribution in [0.25, 0.3) is 0 Å². The minimum absolute atomic E-state index is 0.107. The summed E-state index contributed by atoms with van der Waals surface area (Å²) in [6.07, 6.45) is 3.25. The predicted molar refractivity (Wildman–Crippen MR) is 75.7 cm³/mol. The van der Waals surface area contributed by atoms with Crippen LogP contribution in [-0.4, -0.2) is 77.1 Å². The molecule has 0 aromatic carbocycles. The number of carboxylic acids is 1. The van der Waals surface area contributed by atoms with Crippen LogP contribution in [0.2, 0.25) is 0 Å². The van der Waals surface area contributed by atoms with Crippen LogP contribution < -0.4 is 0 Å². The second-order valence-electron chi connectivity index (χ2n) is 6.11. The van der Waals surface area contributed by atoms with E-state index in [1.165, 1.54) is 0 Å². The molecule has 0 radical (unpaired) electrons. The van der Waals surface area contributed by atoms with E-state index in [1.54, 1.807) is 11.8 Å². The van der Waals surface area contributed by atoms with Crippen LogP contribution in [-0.2, 0) is 4.79 Å². The Labute approximate surface area is 120 Å². The number of carboxylic acid groups (broad SMARTS) is 1. The first kappa shape index (κ1) is 15.1. The molecular weight excluding hydrogens is 258 g/mol. The van der Waals surface area contributed by atoms with Gasteiger partial charge in [0.15, 0.2) is 0 Å². The highest BCUT2D eigenvalue weighted by Crippen LogP contribution is 2.29. The Morgan fingerprint density at radius 3 is 2.45 bits per heavy atom. The first-order valence-electron chi connectivity index (χ1n) is 7.43. The second kappa shape index (κ2) is 5.99. The molecule has 2 amide bonds. The van der Waals surface area contributed by atoms with Crippen LogP contribution in [0.1, 0.15) is 32.6 Å². The molecule has 2 heterocycles. The molecule has 0 aromatic rings. The van der Waals surface area contributed by atoms with Gasteiger partial charge in [0.1, 0.15) is 5.54 Å². The molecule has 2 aliphatic heterocycles. The minimum atomic E-state index is -1.05. The predicted octanol–water partition coefficient (Wildman–Crippen LogP) is 1.07. The van der Waals surface area contributed by atoms with E-state index in [4.69, 9.17) is 0 Å². The van der Waals surface area contributed by atoms with Gasteiger partial charge in [-0.1, -0.05) is 0 Å². The molecular formula is C14H25N3O3. The van der Waals surface area contributed by atoms with E-state index in [0.29, 0.717) is 19.5 Å². The first-order valence-corrected chi connectivity index (χ1v) is 7.43. The molecule has 0 saturated carbocycles. The van der Waals surface area contributed by atoms with Gasteiger partial charge in [-0.15, -0.1) is 0 Å². The highest BCUT2D eigenvalue weighted by molar-refractivity contribution is 5.86. The number of hydrogen-bond acceptors (Lipinski definition) is 3. The number of piperidine rings is 1. The van der Waals surface area contributed by atoms with Gasteiger partial charge >= 0.3 is 12.0 Å². The maximum absolute atomic E-state index is 12.7. The van der Waals surface area contributed by atoms with Gasteiger partial charge in [0, 0.05) is 26.2 Å². The summed E-state index contributed by atoms with van der Waals surface area (Å²) in [5.74, 6) is -0.891. The summed E-state index contributed by atoms with van der Waals surface area (Å²) in [5, 5.41) is 9.49. The third-order valence-electron chi connectivity index (χ3n) is 4.57. The summed E-state index contributed by atoms with van der Waals surface area (Å²) >= 11 is 0. The maximum atomic E-state index is 12.7. The molecule has 2 aliphatic rings. The zero-order chi connectivity index (χ0) is 14.8. The Kier molecular flexibility index (Phi) is 4.52. The van der Waals surface area contributed by atoms with Gasteiger partial charge in [-0.25, -0.2) is 9.59 Å². The minimum Gasteiger partial charge on any atom is -0.480 e. The van der Waals surface area contributed by atoms with Crippen LogP contribution in [0.3, 0.4) is 0 Å². The standard InChI is InChI=1S/C14H25N3O3/c1-14(12(18)19)6-3-4-9-17(14)13(20)16-8-5-7-15(2)10-11-16/h3-11H2,1-2H3,(H,18,19). The summed E-state index contributed by atoms with van der Waals surface area (Å²) in [4.78, 5) is 29.9. The smallest absolute Gasteiger partial charge is 0.329 e. The van der Waals surface area contributed by atoms with Crippen LogP contribution in [0.5, 0.6) is 0 Å². The number of nitrogens with zero attached hydrogens (tertiary/aromatic N) is 3. The lowest BCUT2D eigenvalue weighted by Crippen LogP contribution is -2.60. The van der Waals surface area contributed by atoms with Crippen molar-refractivity contribution in [2.24, 2.45) is 0 Å². The zero-order valence-electron chi connectivity index (χ0n) is 12.5. The number of carbonyl (C=O) groups is 2. The van der Waals surface area contributed by atoms with Crippen molar-refractivity contribution in [2.75, 3.05) is 39.8 Å². The molecule has 20 heavy (non-hydrogen) atoms. The topological polar surface area (TPSA) is 64.1 Å². The number of amides is 2. The summed E-state index contributed by atoms with van der Waals surface area (Å²) in [6, 6.07) is -0.107. The number of rotatable bonds is 1. The molecule has 0 aromatic heterocycles. The Morgan fingerprint density at radius 1 is 1.00 bits per heavy atom. The fourth-order valence-electron chi connectivity index (χ4n) is 3.06. The molecule has 114 valence electrons. The average Bonchev–Trinajstić information content (AvgIpc) is 2.63. The number of likely N-dealkylation sites (tertiary alicyclic amines) is 1. The monoisotopic (exact) mass is 283 g/mol. The number of urea groups is 1. The van der Waals surface area contributed by atoms with E-state index in [2.05, 4.69) is 11.9 Å². The summed E-state index contributed by atoms with van der Waals surface area (Å²) in [7, 11) is 2.05. The van der Waals surface area contributed by atoms with Crippen molar-refractivity contribution in [1.82, 2.24) is 14.7 Å². The third kappa shape index (κ3) is 2.90. The zero-order valence-corrected chi connectivity index (χ0v) is 12.5. The van der Waals surface area contributed by atoms with E-state index in [-0.39, 0.29) is 6.03 Å². The first-order chi connectivity index (χ1) is 9.45. The van der Waals surface area contributed by atoms with Crippen molar-refractivity contribution < 1.29 is 14.7 Å². The van der Waals surface area contributed by atoms with Crippen molar-refractivity contribution in [3.8, 4) is 0 Å². The lowest BCUT2D eigenvalue weighted by molar-refractivity contribution is -0.150. The maximum Gasteiger partial charge on any atom is 0.329 e. The molecule has 0 bridgehead atoms. The molecule has 6 heteroatoms. The Bertz CT molecular complexity index is 388. The summed E-state index contributed by atoms with van der Waals surface area (Å²) in [6.45, 7) is 5.46. The molecule has 6 nitrogen and oxygen atoms in total. The van der Waals surface area contributed by atoms with Gasteiger partial charge in [0.25, 0.3) is 0 Å². The van der Waals surface area contributed by atoms with Crippen molar-refractivity contribution in [1.29, 1.82) is 0 Å². The molecule has 1 N–H and O–H groups in total. The van der Waals surface area contributed by atoms with E-state index < -0.39 is 11.5 Å². The van der Waals surface area contributed by atoms with Gasteiger partial charge < -0.3 is 19.8 Å². The third-order valence-corrected chi connectivity index (χ3v) is 4.57. The number of hydrogen-bond donors (Lipinski definition) is 1. The fraction of sp³-hybridized carbons (Fsp3) is 0.857. The largest absolute Gasteiger partial charge is 0.480 e. The van der Waals surface area contributed by atoms with E-state index >= 15 is 0 Å². The van der Waals surface area contributed by atoms with Gasteiger partial charge in [-0.3, -0.25) is 0 Å². The van der Waals surface area contributed by atoms with Crippen LogP contribution in [0, 0.1) is 0 Å². The molecule has 0 aliphatic carbocycles. The van der Waals surface area contributed by atoms with E-state index in [0.717, 1.165) is 38.9 Å². The van der Waals surface area contributed by atoms with Gasteiger partial charge in [-0.05, 0) is 46.2 Å². The Balaban J connectivity index is 2.11. The normalized spacial score (nSPS) is 29.1. The average molecular weight is 283 g/mol. The fourth-order valence-corrected chi connectivity index (χ4v) is 3.06. The molecule has 0 spiro atoms. The molecule has 1 unspecified atom stereocenters. The molecule has 1 atom stereocenters. The number of aliphatic carboxylic acids is 1. The SMILES string of the molecule is CN1CCCN(C(=O)N2CCCCC2(C)C(=O)O)CC1. The highest BCUT2D eigenvalue weighted by Gasteiger charge is 2.45. The van der Waals surface area contributed by atoms with Crippen LogP contribution in [0.15, 0.2) is 0 Å². The number of carbonyl (C=O) groups excluding carboxylic acids is 1. The molecule has 2 rings (SSSR count). The number of likely N-dealkylation sites (N-methyl/N-ethyl adjacent to an activating group) is 1. The van der Waals surface area contributed by atoms with Crippen molar-refractivity contribution in [3.63, 3.8) is 0 Å². The summed E-state index contributed by atoms with van der Waals surface area (Å²) in [5.41, 5.74) is -1.05. The van der Waals surface area contributed by atoms with E-state index in [1.807, 2.05) is 4.90 Å². The van der Waals surface area contributed by atoms with Crippen molar-refractivity contribution in [3.05, 3.63) is 0 Å². The van der Waals surface area contributed by atoms with Gasteiger partial charge in [0.2, 0.25) is 0 Å². The Morgan fingerprint density at radius 2 is 1.75 bits per heavy atom. The lowest BCUT2D eigenvalue weighted by atomic mass is 9.89. The van der Waals surface area contributed by atoms with Crippen LogP contribution >= 0.6 is 0 Å². The van der Waals surface area contributed by atoms with Gasteiger partial charge in [-0.2, -0.15) is 0 Å². The molecule has 2 saturated heterocycles. The second-order valence-corrected chi connectivity index (χ2v) is 6.11. The Hall–Kier alpha value is -1.30. The van der Waals surface area contributed by atoms with Gasteiger partial charge in [0.05, 0.1) is 0 Å². The summed E-state index contributed by atoms with van der Waals surface area (Å²) < 4.78 is 0. The highest BCUT2D eigenvalue weighted by atomic mass is 16.4.